The van der Waals surface area contributed by atoms with Crippen LogP contribution in [0, 0.1) is 27.7 Å². The van der Waals surface area contributed by atoms with Gasteiger partial charge in [0.15, 0.2) is 0 Å². The molecule has 51 heavy (non-hydrogen) atoms. The average molecular weight is 681 g/mol. The van der Waals surface area contributed by atoms with Gasteiger partial charge in [-0.1, -0.05) is 72.8 Å². The second kappa shape index (κ2) is 14.5. The molecule has 0 spiro atoms. The predicted molar refractivity (Wildman–Crippen MR) is 202 cm³/mol. The highest BCUT2D eigenvalue weighted by molar-refractivity contribution is 5.53. The first-order chi connectivity index (χ1) is 24.3. The van der Waals surface area contributed by atoms with Crippen molar-refractivity contribution >= 4 is 0 Å². The van der Waals surface area contributed by atoms with Gasteiger partial charge in [-0.2, -0.15) is 0 Å². The van der Waals surface area contributed by atoms with Gasteiger partial charge in [-0.25, -0.2) is 0 Å². The van der Waals surface area contributed by atoms with Gasteiger partial charge in [0.25, 0.3) is 0 Å². The van der Waals surface area contributed by atoms with Crippen LogP contribution in [-0.2, 0) is 32.1 Å². The van der Waals surface area contributed by atoms with Crippen LogP contribution in [0.4, 0.5) is 0 Å². The first-order valence-electron chi connectivity index (χ1n) is 17.1. The van der Waals surface area contributed by atoms with E-state index in [-0.39, 0.29) is 34.5 Å². The first kappa shape index (κ1) is 35.0. The van der Waals surface area contributed by atoms with E-state index >= 15 is 0 Å². The van der Waals surface area contributed by atoms with Crippen molar-refractivity contribution in [1.29, 1.82) is 0 Å². The summed E-state index contributed by atoms with van der Waals surface area (Å²) in [6.45, 7) is 7.42. The van der Waals surface area contributed by atoms with Crippen LogP contribution in [0.5, 0.6) is 34.5 Å². The summed E-state index contributed by atoms with van der Waals surface area (Å²) in [6.07, 6.45) is 2.40. The smallest absolute Gasteiger partial charge is 0.122 e. The molecule has 0 fully saturated rings. The molecule has 260 valence electrons. The molecule has 0 unspecified atom stereocenters. The SMILES string of the molecule is Cc1cc(Cc2cc(Cc3cc(Cc4ccc(O)c(C)c4)c(O)c(Cc4ccc(O)c(C)c4)c3)cc(Cc3ccc(O)c(C)c3)c2O)ccc1O. The summed E-state index contributed by atoms with van der Waals surface area (Å²) in [4.78, 5) is 0. The van der Waals surface area contributed by atoms with E-state index in [1.165, 1.54) is 0 Å². The lowest BCUT2D eigenvalue weighted by Crippen LogP contribution is -2.02. The molecule has 6 nitrogen and oxygen atoms in total. The summed E-state index contributed by atoms with van der Waals surface area (Å²) in [5, 5.41) is 63.7. The third-order valence-corrected chi connectivity index (χ3v) is 9.69. The zero-order valence-corrected chi connectivity index (χ0v) is 29.5. The molecule has 0 atom stereocenters. The number of phenols is 6. The van der Waals surface area contributed by atoms with Crippen LogP contribution < -0.4 is 0 Å². The highest BCUT2D eigenvalue weighted by Gasteiger charge is 2.17. The van der Waals surface area contributed by atoms with Crippen molar-refractivity contribution in [3.05, 3.63) is 175 Å². The summed E-state index contributed by atoms with van der Waals surface area (Å²) in [5.41, 5.74) is 12.0. The Morgan fingerprint density at radius 3 is 0.745 bits per heavy atom. The fraction of sp³-hybridized carbons (Fsp3) is 0.200. The van der Waals surface area contributed by atoms with E-state index in [1.807, 2.05) is 100 Å². The number of hydrogen-bond acceptors (Lipinski definition) is 6. The summed E-state index contributed by atoms with van der Waals surface area (Å²) in [5.74, 6) is 1.33. The van der Waals surface area contributed by atoms with Gasteiger partial charge < -0.3 is 30.6 Å². The number of phenolic OH excluding ortho intramolecular Hbond substituents is 6. The second-order valence-electron chi connectivity index (χ2n) is 13.9. The molecular formula is C45H44O6. The molecule has 0 aliphatic rings. The third kappa shape index (κ3) is 8.13. The minimum atomic E-state index is 0.215. The van der Waals surface area contributed by atoms with Crippen molar-refractivity contribution in [2.24, 2.45) is 0 Å². The molecule has 0 amide bonds. The van der Waals surface area contributed by atoms with Gasteiger partial charge in [-0.15, -0.1) is 0 Å². The topological polar surface area (TPSA) is 121 Å². The van der Waals surface area contributed by atoms with Crippen LogP contribution in [0.25, 0.3) is 0 Å². The molecule has 0 saturated carbocycles. The number of hydrogen-bond donors (Lipinski definition) is 6. The van der Waals surface area contributed by atoms with E-state index in [4.69, 9.17) is 0 Å². The second-order valence-corrected chi connectivity index (χ2v) is 13.9. The first-order valence-corrected chi connectivity index (χ1v) is 17.1. The molecule has 0 radical (unpaired) electrons. The van der Waals surface area contributed by atoms with E-state index in [0.29, 0.717) is 32.1 Å². The zero-order valence-electron chi connectivity index (χ0n) is 29.5. The largest absolute Gasteiger partial charge is 0.508 e. The van der Waals surface area contributed by atoms with Crippen molar-refractivity contribution in [2.75, 3.05) is 0 Å². The van der Waals surface area contributed by atoms with E-state index in [0.717, 1.165) is 77.9 Å². The molecule has 0 heterocycles. The quantitative estimate of drug-likeness (QED) is 0.0859. The van der Waals surface area contributed by atoms with Gasteiger partial charge in [0.1, 0.15) is 34.5 Å². The molecule has 0 bridgehead atoms. The zero-order chi connectivity index (χ0) is 36.4. The molecule has 6 rings (SSSR count). The summed E-state index contributed by atoms with van der Waals surface area (Å²) >= 11 is 0. The van der Waals surface area contributed by atoms with Gasteiger partial charge in [0.05, 0.1) is 0 Å². The van der Waals surface area contributed by atoms with Crippen LogP contribution in [0.15, 0.2) is 97.1 Å². The van der Waals surface area contributed by atoms with Gasteiger partial charge in [-0.05, 0) is 136 Å². The molecule has 0 saturated heterocycles. The van der Waals surface area contributed by atoms with Gasteiger partial charge in [0, 0.05) is 25.7 Å². The summed E-state index contributed by atoms with van der Waals surface area (Å²) < 4.78 is 0. The Kier molecular flexibility index (Phi) is 9.97. The Morgan fingerprint density at radius 2 is 0.529 bits per heavy atom. The lowest BCUT2D eigenvalue weighted by atomic mass is 9.89. The Hall–Kier alpha value is -5.88. The summed E-state index contributed by atoms with van der Waals surface area (Å²) in [6, 6.07) is 30.0. The normalized spacial score (nSPS) is 11.2. The van der Waals surface area contributed by atoms with E-state index in [1.54, 1.807) is 24.3 Å². The van der Waals surface area contributed by atoms with E-state index in [9.17, 15) is 30.6 Å². The van der Waals surface area contributed by atoms with Crippen molar-refractivity contribution in [3.63, 3.8) is 0 Å². The molecule has 0 aliphatic heterocycles. The monoisotopic (exact) mass is 680 g/mol. The van der Waals surface area contributed by atoms with Crippen LogP contribution in [-0.4, -0.2) is 30.6 Å². The van der Waals surface area contributed by atoms with Crippen LogP contribution in [0.3, 0.4) is 0 Å². The summed E-state index contributed by atoms with van der Waals surface area (Å²) in [7, 11) is 0. The van der Waals surface area contributed by atoms with Crippen molar-refractivity contribution < 1.29 is 30.6 Å². The highest BCUT2D eigenvalue weighted by Crippen LogP contribution is 2.35. The standard InChI is InChI=1S/C45H44O6/c1-26-13-30(5-9-40(26)46)18-36-22-34(23-37(44(36)50)19-31-6-10-41(47)27(2)14-31)17-35-24-38(20-32-7-11-42(48)28(3)15-32)45(51)39(25-35)21-33-8-12-43(49)29(4)16-33/h5-16,22-25,46-51H,17-21H2,1-4H3. The molecule has 0 aromatic heterocycles. The Bertz CT molecular complexity index is 1940. The minimum absolute atomic E-state index is 0.215. The molecule has 6 N–H and O–H groups in total. The number of aromatic hydroxyl groups is 6. The van der Waals surface area contributed by atoms with E-state index in [2.05, 4.69) is 0 Å². The van der Waals surface area contributed by atoms with Gasteiger partial charge >= 0.3 is 0 Å². The number of rotatable bonds is 10. The van der Waals surface area contributed by atoms with Crippen molar-refractivity contribution in [2.45, 2.75) is 59.8 Å². The predicted octanol–water partition coefficient (Wildman–Crippen LogP) is 9.11. The molecule has 0 aliphatic carbocycles. The fourth-order valence-electron chi connectivity index (χ4n) is 6.83. The number of benzene rings is 6. The van der Waals surface area contributed by atoms with Gasteiger partial charge in [0.2, 0.25) is 0 Å². The average Bonchev–Trinajstić information content (AvgIpc) is 3.08. The van der Waals surface area contributed by atoms with Gasteiger partial charge in [-0.3, -0.25) is 0 Å². The third-order valence-electron chi connectivity index (χ3n) is 9.69. The highest BCUT2D eigenvalue weighted by atomic mass is 16.3. The number of aryl methyl sites for hydroxylation is 4. The lowest BCUT2D eigenvalue weighted by Gasteiger charge is -2.17. The van der Waals surface area contributed by atoms with Crippen LogP contribution in [0.2, 0.25) is 0 Å². The fourth-order valence-corrected chi connectivity index (χ4v) is 6.83. The molecular weight excluding hydrogens is 636 g/mol. The Labute approximate surface area is 299 Å². The van der Waals surface area contributed by atoms with Crippen LogP contribution in [0.1, 0.15) is 77.9 Å². The Balaban J connectivity index is 1.42. The van der Waals surface area contributed by atoms with Crippen LogP contribution >= 0.6 is 0 Å². The lowest BCUT2D eigenvalue weighted by molar-refractivity contribution is 0.462. The molecule has 6 aromatic carbocycles. The Morgan fingerprint density at radius 1 is 0.294 bits per heavy atom. The van der Waals surface area contributed by atoms with Crippen molar-refractivity contribution in [1.82, 2.24) is 0 Å². The maximum Gasteiger partial charge on any atom is 0.122 e. The van der Waals surface area contributed by atoms with Crippen molar-refractivity contribution in [3.8, 4) is 34.5 Å². The molecule has 6 aromatic rings. The maximum absolute atomic E-state index is 11.6. The van der Waals surface area contributed by atoms with E-state index < -0.39 is 0 Å². The minimum Gasteiger partial charge on any atom is -0.508 e. The molecule has 6 heteroatoms. The maximum atomic E-state index is 11.6.